The molecule has 0 amide bonds. The Morgan fingerprint density at radius 2 is 1.84 bits per heavy atom. The molecule has 0 saturated carbocycles. The van der Waals surface area contributed by atoms with Crippen LogP contribution in [0.15, 0.2) is 47.6 Å². The van der Waals surface area contributed by atoms with E-state index in [1.165, 1.54) is 42.6 Å². The van der Waals surface area contributed by atoms with Gasteiger partial charge in [0.05, 0.1) is 28.4 Å². The lowest BCUT2D eigenvalue weighted by Gasteiger charge is -2.05. The first-order valence-corrected chi connectivity index (χ1v) is 7.46. The predicted octanol–water partition coefficient (Wildman–Crippen LogP) is 3.74. The van der Waals surface area contributed by atoms with Gasteiger partial charge in [-0.05, 0) is 30.7 Å². The summed E-state index contributed by atoms with van der Waals surface area (Å²) in [5, 5.41) is 25.7. The van der Waals surface area contributed by atoms with Crippen LogP contribution in [0.1, 0.15) is 18.9 Å². The van der Waals surface area contributed by atoms with E-state index in [1.54, 1.807) is 6.07 Å². The second kappa shape index (κ2) is 8.39. The summed E-state index contributed by atoms with van der Waals surface area (Å²) in [4.78, 5) is 20.7. The Morgan fingerprint density at radius 1 is 1.12 bits per heavy atom. The Balaban J connectivity index is 2.08. The van der Waals surface area contributed by atoms with Crippen LogP contribution < -0.4 is 10.2 Å². The van der Waals surface area contributed by atoms with Crippen molar-refractivity contribution in [3.63, 3.8) is 0 Å². The minimum absolute atomic E-state index is 0.0205. The van der Waals surface area contributed by atoms with Crippen molar-refractivity contribution >= 4 is 23.3 Å². The quantitative estimate of drug-likeness (QED) is 0.442. The number of anilines is 1. The van der Waals surface area contributed by atoms with Gasteiger partial charge >= 0.3 is 5.69 Å². The van der Waals surface area contributed by atoms with Gasteiger partial charge in [-0.2, -0.15) is 5.10 Å². The van der Waals surface area contributed by atoms with E-state index in [4.69, 9.17) is 4.74 Å². The fourth-order valence-corrected chi connectivity index (χ4v) is 1.93. The van der Waals surface area contributed by atoms with E-state index >= 15 is 0 Å². The van der Waals surface area contributed by atoms with Crippen molar-refractivity contribution in [1.29, 1.82) is 0 Å². The summed E-state index contributed by atoms with van der Waals surface area (Å²) in [7, 11) is 0. The number of hydrazone groups is 1. The third-order valence-electron chi connectivity index (χ3n) is 3.13. The average Bonchev–Trinajstić information content (AvgIpc) is 2.60. The standard InChI is InChI=1S/C16H16N4O5/c1-2-9-25-16-8-3-12(10-15(16)20(23)24)11-17-18-13-4-6-14(7-5-13)19(21)22/h3-8,10-11,18H,2,9H2,1H3/b17-11+. The van der Waals surface area contributed by atoms with Crippen LogP contribution in [0.2, 0.25) is 0 Å². The summed E-state index contributed by atoms with van der Waals surface area (Å²) < 4.78 is 5.35. The van der Waals surface area contributed by atoms with Crippen LogP contribution in [0.25, 0.3) is 0 Å². The molecule has 0 heterocycles. The van der Waals surface area contributed by atoms with Gasteiger partial charge in [0.25, 0.3) is 5.69 Å². The lowest BCUT2D eigenvalue weighted by molar-refractivity contribution is -0.385. The number of non-ortho nitro benzene ring substituents is 1. The lowest BCUT2D eigenvalue weighted by atomic mass is 10.2. The summed E-state index contributed by atoms with van der Waals surface area (Å²) in [6.45, 7) is 2.31. The van der Waals surface area contributed by atoms with Gasteiger partial charge in [0.1, 0.15) is 0 Å². The van der Waals surface area contributed by atoms with Crippen molar-refractivity contribution in [3.05, 3.63) is 68.3 Å². The lowest BCUT2D eigenvalue weighted by Crippen LogP contribution is -2.00. The number of nitrogens with zero attached hydrogens (tertiary/aromatic N) is 3. The smallest absolute Gasteiger partial charge is 0.311 e. The van der Waals surface area contributed by atoms with Crippen molar-refractivity contribution in [2.24, 2.45) is 5.10 Å². The molecule has 2 aromatic rings. The van der Waals surface area contributed by atoms with E-state index in [1.807, 2.05) is 6.92 Å². The fraction of sp³-hybridized carbons (Fsp3) is 0.188. The van der Waals surface area contributed by atoms with Crippen LogP contribution >= 0.6 is 0 Å². The van der Waals surface area contributed by atoms with Crippen LogP contribution in [-0.2, 0) is 0 Å². The van der Waals surface area contributed by atoms with E-state index < -0.39 is 9.85 Å². The molecule has 25 heavy (non-hydrogen) atoms. The third-order valence-corrected chi connectivity index (χ3v) is 3.13. The molecule has 0 fully saturated rings. The Kier molecular flexibility index (Phi) is 5.99. The molecule has 0 atom stereocenters. The zero-order valence-corrected chi connectivity index (χ0v) is 13.4. The van der Waals surface area contributed by atoms with E-state index in [-0.39, 0.29) is 17.1 Å². The number of nitrogens with one attached hydrogen (secondary N) is 1. The van der Waals surface area contributed by atoms with Gasteiger partial charge in [-0.1, -0.05) is 6.92 Å². The highest BCUT2D eigenvalue weighted by molar-refractivity contribution is 5.82. The largest absolute Gasteiger partial charge is 0.487 e. The van der Waals surface area contributed by atoms with Gasteiger partial charge in [0, 0.05) is 23.8 Å². The zero-order chi connectivity index (χ0) is 18.2. The van der Waals surface area contributed by atoms with E-state index in [2.05, 4.69) is 10.5 Å². The zero-order valence-electron chi connectivity index (χ0n) is 13.4. The summed E-state index contributed by atoms with van der Waals surface area (Å²) in [5.41, 5.74) is 3.62. The predicted molar refractivity (Wildman–Crippen MR) is 93.2 cm³/mol. The molecule has 9 nitrogen and oxygen atoms in total. The van der Waals surface area contributed by atoms with E-state index in [0.29, 0.717) is 17.9 Å². The van der Waals surface area contributed by atoms with Gasteiger partial charge in [0.15, 0.2) is 5.75 Å². The molecule has 0 aliphatic carbocycles. The monoisotopic (exact) mass is 344 g/mol. The summed E-state index contributed by atoms with van der Waals surface area (Å²) in [6, 6.07) is 10.3. The second-order valence-corrected chi connectivity index (χ2v) is 5.01. The number of ether oxygens (including phenoxy) is 1. The summed E-state index contributed by atoms with van der Waals surface area (Å²) in [6.07, 6.45) is 2.16. The van der Waals surface area contributed by atoms with Crippen molar-refractivity contribution in [2.75, 3.05) is 12.0 Å². The molecule has 9 heteroatoms. The van der Waals surface area contributed by atoms with E-state index in [0.717, 1.165) is 6.42 Å². The van der Waals surface area contributed by atoms with Gasteiger partial charge in [-0.3, -0.25) is 25.7 Å². The number of nitro groups is 2. The highest BCUT2D eigenvalue weighted by Gasteiger charge is 2.15. The molecular weight excluding hydrogens is 328 g/mol. The van der Waals surface area contributed by atoms with Gasteiger partial charge < -0.3 is 4.74 Å². The number of nitro benzene ring substituents is 2. The van der Waals surface area contributed by atoms with Gasteiger partial charge in [-0.15, -0.1) is 0 Å². The van der Waals surface area contributed by atoms with Crippen LogP contribution in [0, 0.1) is 20.2 Å². The molecule has 0 aliphatic rings. The Morgan fingerprint density at radius 3 is 2.44 bits per heavy atom. The molecular formula is C16H16N4O5. The molecule has 0 aliphatic heterocycles. The molecule has 2 aromatic carbocycles. The Hall–Kier alpha value is -3.49. The Labute approximate surface area is 143 Å². The highest BCUT2D eigenvalue weighted by atomic mass is 16.6. The molecule has 130 valence electrons. The Bertz CT molecular complexity index is 790. The minimum Gasteiger partial charge on any atom is -0.487 e. The third kappa shape index (κ3) is 4.99. The van der Waals surface area contributed by atoms with Crippen molar-refractivity contribution in [3.8, 4) is 5.75 Å². The average molecular weight is 344 g/mol. The molecule has 0 saturated heterocycles. The summed E-state index contributed by atoms with van der Waals surface area (Å²) >= 11 is 0. The van der Waals surface area contributed by atoms with Crippen LogP contribution in [0.5, 0.6) is 5.75 Å². The molecule has 1 N–H and O–H groups in total. The molecule has 0 aromatic heterocycles. The number of hydrogen-bond acceptors (Lipinski definition) is 7. The van der Waals surface area contributed by atoms with Gasteiger partial charge in [-0.25, -0.2) is 0 Å². The molecule has 0 spiro atoms. The SMILES string of the molecule is CCCOc1ccc(/C=N/Nc2ccc([N+](=O)[O-])cc2)cc1[N+](=O)[O-]. The van der Waals surface area contributed by atoms with Crippen LogP contribution in [0.3, 0.4) is 0 Å². The summed E-state index contributed by atoms with van der Waals surface area (Å²) in [5.74, 6) is 0.215. The van der Waals surface area contributed by atoms with Crippen LogP contribution in [0.4, 0.5) is 17.1 Å². The van der Waals surface area contributed by atoms with Crippen molar-refractivity contribution in [2.45, 2.75) is 13.3 Å². The molecule has 0 radical (unpaired) electrons. The number of rotatable bonds is 8. The maximum atomic E-state index is 11.1. The number of benzene rings is 2. The molecule has 0 unspecified atom stereocenters. The highest BCUT2D eigenvalue weighted by Crippen LogP contribution is 2.27. The normalized spacial score (nSPS) is 10.6. The second-order valence-electron chi connectivity index (χ2n) is 5.01. The van der Waals surface area contributed by atoms with E-state index in [9.17, 15) is 20.2 Å². The topological polar surface area (TPSA) is 120 Å². The van der Waals surface area contributed by atoms with Crippen LogP contribution in [-0.4, -0.2) is 22.7 Å². The van der Waals surface area contributed by atoms with Gasteiger partial charge in [0.2, 0.25) is 0 Å². The molecule has 2 rings (SSSR count). The number of hydrogen-bond donors (Lipinski definition) is 1. The molecule has 0 bridgehead atoms. The maximum Gasteiger partial charge on any atom is 0.311 e. The fourth-order valence-electron chi connectivity index (χ4n) is 1.93. The van der Waals surface area contributed by atoms with Crippen molar-refractivity contribution in [1.82, 2.24) is 0 Å². The first kappa shape index (κ1) is 17.9. The van der Waals surface area contributed by atoms with Crippen molar-refractivity contribution < 1.29 is 14.6 Å². The first-order chi connectivity index (χ1) is 12.0. The maximum absolute atomic E-state index is 11.1. The first-order valence-electron chi connectivity index (χ1n) is 7.46. The minimum atomic E-state index is -0.508.